The summed E-state index contributed by atoms with van der Waals surface area (Å²) in [4.78, 5) is 56.4. The first-order valence-corrected chi connectivity index (χ1v) is 13.9. The molecule has 0 aromatic carbocycles. The van der Waals surface area contributed by atoms with Gasteiger partial charge in [0.15, 0.2) is 6.29 Å². The third-order valence-corrected chi connectivity index (χ3v) is 8.06. The number of aromatic amines is 1. The number of ether oxygens (including phenoxy) is 2. The van der Waals surface area contributed by atoms with Crippen LogP contribution in [0.25, 0.3) is 0 Å². The van der Waals surface area contributed by atoms with E-state index in [-0.39, 0.29) is 6.42 Å². The number of aliphatic hydroxyl groups is 4. The number of nitrogens with one attached hydrogen (secondary N) is 2. The fourth-order valence-corrected chi connectivity index (χ4v) is 5.89. The van der Waals surface area contributed by atoms with Crippen LogP contribution in [0.5, 0.6) is 0 Å². The van der Waals surface area contributed by atoms with Crippen LogP contribution in [0.4, 0.5) is 0 Å². The molecule has 0 aliphatic carbocycles. The third-order valence-electron chi connectivity index (χ3n) is 5.46. The average Bonchev–Trinajstić information content (AvgIpc) is 3.16. The molecule has 38 heavy (non-hydrogen) atoms. The Balaban J connectivity index is 1.63. The molecule has 3 rings (SSSR count). The van der Waals surface area contributed by atoms with Crippen LogP contribution in [0.2, 0.25) is 0 Å². The second kappa shape index (κ2) is 12.1. The van der Waals surface area contributed by atoms with E-state index in [9.17, 15) is 53.7 Å². The molecule has 4 unspecified atom stereocenters. The fraction of sp³-hybridized carbons (Fsp3) is 0.706. The van der Waals surface area contributed by atoms with Crippen LogP contribution >= 0.6 is 15.6 Å². The van der Waals surface area contributed by atoms with E-state index < -0.39 is 95.1 Å². The van der Waals surface area contributed by atoms with Crippen LogP contribution in [0.3, 0.4) is 0 Å². The van der Waals surface area contributed by atoms with Gasteiger partial charge in [0.1, 0.15) is 36.7 Å². The van der Waals surface area contributed by atoms with Crippen molar-refractivity contribution in [1.82, 2.24) is 14.9 Å². The Kier molecular flexibility index (Phi) is 9.81. The largest absolute Gasteiger partial charge is 0.483 e. The van der Waals surface area contributed by atoms with E-state index in [1.165, 1.54) is 0 Å². The molecule has 2 aliphatic rings. The Bertz CT molecular complexity index is 1210. The molecule has 1 aromatic heterocycles. The quantitative estimate of drug-likeness (QED) is 0.122. The highest BCUT2D eigenvalue weighted by Gasteiger charge is 2.49. The van der Waals surface area contributed by atoms with Gasteiger partial charge >= 0.3 is 21.3 Å². The van der Waals surface area contributed by atoms with Gasteiger partial charge in [0.25, 0.3) is 5.56 Å². The van der Waals surface area contributed by atoms with Crippen molar-refractivity contribution in [2.45, 2.75) is 62.4 Å². The zero-order valence-corrected chi connectivity index (χ0v) is 21.3. The van der Waals surface area contributed by atoms with E-state index in [4.69, 9.17) is 9.47 Å². The molecule has 0 spiro atoms. The number of carbonyl (C=O) groups excluding carboxylic acids is 1. The van der Waals surface area contributed by atoms with Gasteiger partial charge in [-0.15, -0.1) is 0 Å². The van der Waals surface area contributed by atoms with Crippen LogP contribution in [0, 0.1) is 0 Å². The second-order valence-electron chi connectivity index (χ2n) is 8.30. The van der Waals surface area contributed by atoms with Crippen LogP contribution < -0.4 is 16.6 Å². The van der Waals surface area contributed by atoms with Crippen LogP contribution in [0.15, 0.2) is 21.9 Å². The van der Waals surface area contributed by atoms with Crippen molar-refractivity contribution in [2.24, 2.45) is 0 Å². The summed E-state index contributed by atoms with van der Waals surface area (Å²) in [6.45, 7) is -0.731. The first kappa shape index (κ1) is 30.7. The normalized spacial score (nSPS) is 34.8. The lowest BCUT2D eigenvalue weighted by atomic mass is 9.97. The molecule has 0 radical (unpaired) electrons. The minimum atomic E-state index is -5.57. The summed E-state index contributed by atoms with van der Waals surface area (Å²) in [5, 5.41) is 41.7. The van der Waals surface area contributed by atoms with Gasteiger partial charge in [0, 0.05) is 25.6 Å². The van der Waals surface area contributed by atoms with E-state index in [0.29, 0.717) is 0 Å². The van der Waals surface area contributed by atoms with Crippen molar-refractivity contribution < 1.29 is 67.0 Å². The molecular weight excluding hydrogens is 564 g/mol. The Morgan fingerprint density at radius 3 is 2.45 bits per heavy atom. The predicted octanol–water partition coefficient (Wildman–Crippen LogP) is -3.62. The minimum absolute atomic E-state index is 0.179. The number of aliphatic hydroxyl groups excluding tert-OH is 4. The number of rotatable bonds is 10. The Hall–Kier alpha value is -1.83. The van der Waals surface area contributed by atoms with Crippen molar-refractivity contribution in [2.75, 3.05) is 13.2 Å². The number of phosphoric acid groups is 2. The van der Waals surface area contributed by atoms with Gasteiger partial charge in [-0.05, 0) is 0 Å². The van der Waals surface area contributed by atoms with E-state index in [0.717, 1.165) is 23.8 Å². The molecular formula is C17H27N3O16P2. The Labute approximate surface area is 212 Å². The summed E-state index contributed by atoms with van der Waals surface area (Å²) >= 11 is 0. The second-order valence-corrected chi connectivity index (χ2v) is 11.3. The van der Waals surface area contributed by atoms with Crippen molar-refractivity contribution >= 4 is 21.6 Å². The monoisotopic (exact) mass is 591 g/mol. The topological polar surface area (TPSA) is 286 Å². The SMILES string of the molecule is CC(=O)N[C@H]1C(OP(=O)(O)OP(=O)(O)OC[C@H]2OC(n3ccc(=O)[nH]c3=O)C[C@@H]2O)O[C@H](CO)[C@@H](O)[C@@H]1O. The molecule has 21 heteroatoms. The van der Waals surface area contributed by atoms with Crippen molar-refractivity contribution in [3.8, 4) is 0 Å². The zero-order chi connectivity index (χ0) is 28.4. The van der Waals surface area contributed by atoms with Crippen molar-refractivity contribution in [1.29, 1.82) is 0 Å². The lowest BCUT2D eigenvalue weighted by Gasteiger charge is -2.42. The van der Waals surface area contributed by atoms with Gasteiger partial charge in [0.2, 0.25) is 5.91 Å². The molecule has 0 saturated carbocycles. The molecule has 2 aliphatic heterocycles. The molecule has 0 bridgehead atoms. The highest BCUT2D eigenvalue weighted by molar-refractivity contribution is 7.61. The third kappa shape index (κ3) is 7.64. The van der Waals surface area contributed by atoms with Gasteiger partial charge in [-0.3, -0.25) is 28.2 Å². The highest BCUT2D eigenvalue weighted by Crippen LogP contribution is 2.61. The van der Waals surface area contributed by atoms with Crippen molar-refractivity contribution in [3.05, 3.63) is 33.1 Å². The molecule has 10 atom stereocenters. The summed E-state index contributed by atoms with van der Waals surface area (Å²) in [5.41, 5.74) is -1.51. The molecule has 3 heterocycles. The smallest absolute Gasteiger partial charge is 0.394 e. The van der Waals surface area contributed by atoms with Crippen molar-refractivity contribution in [3.63, 3.8) is 0 Å². The number of amides is 1. The maximum atomic E-state index is 12.4. The van der Waals surface area contributed by atoms with E-state index >= 15 is 0 Å². The minimum Gasteiger partial charge on any atom is -0.394 e. The highest BCUT2D eigenvalue weighted by atomic mass is 31.3. The molecule has 1 aromatic rings. The lowest BCUT2D eigenvalue weighted by molar-refractivity contribution is -0.247. The summed E-state index contributed by atoms with van der Waals surface area (Å²) in [5.74, 6) is -0.775. The maximum absolute atomic E-state index is 12.4. The fourth-order valence-electron chi connectivity index (χ4n) is 3.72. The number of hydrogen-bond acceptors (Lipinski definition) is 14. The molecule has 19 nitrogen and oxygen atoms in total. The van der Waals surface area contributed by atoms with Crippen LogP contribution in [-0.2, 0) is 36.8 Å². The van der Waals surface area contributed by atoms with Crippen LogP contribution in [-0.4, -0.2) is 102 Å². The van der Waals surface area contributed by atoms with E-state index in [1.807, 2.05) is 4.98 Å². The first-order valence-electron chi connectivity index (χ1n) is 10.9. The Morgan fingerprint density at radius 2 is 1.84 bits per heavy atom. The van der Waals surface area contributed by atoms with E-state index in [2.05, 4.69) is 18.7 Å². The molecule has 2 saturated heterocycles. The number of phosphoric ester groups is 2. The van der Waals surface area contributed by atoms with Gasteiger partial charge in [0.05, 0.1) is 19.3 Å². The van der Waals surface area contributed by atoms with Gasteiger partial charge in [-0.25, -0.2) is 13.9 Å². The standard InChI is InChI=1S/C17H27N3O16P2/c1-7(22)18-13-15(26)14(25)9(5-21)34-16(13)35-38(30,31)36-37(28,29)32-6-10-8(23)4-12(33-10)20-3-2-11(24)19-17(20)27/h2-3,8-10,12-16,21,23,25-26H,4-6H2,1H3,(H,18,22)(H,28,29)(H,30,31)(H,19,24,27)/t8-,9+,10+,12?,13+,14+,15+,16?/m0/s1. The molecule has 1 amide bonds. The summed E-state index contributed by atoms with van der Waals surface area (Å²) in [7, 11) is -11.0. The molecule has 2 fully saturated rings. The number of H-pyrrole nitrogens is 1. The Morgan fingerprint density at radius 1 is 1.16 bits per heavy atom. The summed E-state index contributed by atoms with van der Waals surface area (Å²) < 4.78 is 49.7. The predicted molar refractivity (Wildman–Crippen MR) is 119 cm³/mol. The van der Waals surface area contributed by atoms with Gasteiger partial charge < -0.3 is 45.0 Å². The molecule has 216 valence electrons. The first-order chi connectivity index (χ1) is 17.6. The number of aromatic nitrogens is 2. The average molecular weight is 591 g/mol. The lowest BCUT2D eigenvalue weighted by Crippen LogP contribution is -2.64. The molecule has 8 N–H and O–H groups in total. The van der Waals surface area contributed by atoms with E-state index in [1.54, 1.807) is 0 Å². The summed E-state index contributed by atoms with van der Waals surface area (Å²) in [6.07, 6.45) is -9.94. The van der Waals surface area contributed by atoms with Gasteiger partial charge in [-0.1, -0.05) is 0 Å². The maximum Gasteiger partial charge on any atom is 0.483 e. The number of carbonyl (C=O) groups is 1. The number of nitrogens with zero attached hydrogens (tertiary/aromatic N) is 1. The summed E-state index contributed by atoms with van der Waals surface area (Å²) in [6, 6.07) is -0.631. The van der Waals surface area contributed by atoms with Gasteiger partial charge in [-0.2, -0.15) is 4.31 Å². The zero-order valence-electron chi connectivity index (χ0n) is 19.5. The van der Waals surface area contributed by atoms with Crippen LogP contribution in [0.1, 0.15) is 19.6 Å². The number of hydrogen-bond donors (Lipinski definition) is 8.